The summed E-state index contributed by atoms with van der Waals surface area (Å²) in [6.45, 7) is -2.59. The molecule has 1 radical (unpaired) electrons. The van der Waals surface area contributed by atoms with Gasteiger partial charge in [-0.05, 0) is 0 Å². The van der Waals surface area contributed by atoms with E-state index in [0.29, 0.717) is 0 Å². The Morgan fingerprint density at radius 2 is 0.550 bits per heavy atom. The van der Waals surface area contributed by atoms with Gasteiger partial charge in [0.2, 0.25) is 0 Å². The molecule has 0 rings (SSSR count). The predicted octanol–water partition coefficient (Wildman–Crippen LogP) is -14.5. The molecule has 12 atom stereocenters. The van der Waals surface area contributed by atoms with Crippen molar-refractivity contribution in [3.05, 3.63) is 0 Å². The molecule has 0 aliphatic rings. The smallest absolute Gasteiger partial charge is 0.547 e. The molecule has 21 nitrogen and oxygen atoms in total. The molecule has 0 aliphatic heterocycles. The fourth-order valence-electron chi connectivity index (χ4n) is 1.99. The molecule has 0 aliphatic carbocycles. The first kappa shape index (κ1) is 45.4. The van der Waals surface area contributed by atoms with E-state index in [1.54, 1.807) is 0 Å². The van der Waals surface area contributed by atoms with Crippen molar-refractivity contribution in [3.63, 3.8) is 0 Å². The monoisotopic (exact) mass is 687 g/mol. The summed E-state index contributed by atoms with van der Waals surface area (Å²) in [5, 5.41) is 160. The molecule has 22 heteroatoms. The van der Waals surface area contributed by atoms with E-state index in [0.717, 1.165) is 0 Å². The van der Waals surface area contributed by atoms with E-state index < -0.39 is 111 Å². The summed E-state index contributed by atoms with van der Waals surface area (Å²) in [5.41, 5.74) is 0. The molecule has 0 aromatic carbocycles. The Balaban J connectivity index is -0.000000240. The zero-order chi connectivity index (χ0) is 31.8. The first-order chi connectivity index (χ1) is 17.7. The number of carboxylic acid groups (broad SMARTS) is 3. The van der Waals surface area contributed by atoms with Gasteiger partial charge in [-0.2, -0.15) is 0 Å². The van der Waals surface area contributed by atoms with E-state index in [-0.39, 0.29) is 19.5 Å². The Labute approximate surface area is 237 Å². The van der Waals surface area contributed by atoms with Crippen LogP contribution in [-0.4, -0.2) is 188 Å². The molecule has 0 saturated heterocycles. The number of carboxylic acids is 3. The van der Waals surface area contributed by atoms with E-state index in [1.807, 2.05) is 0 Å². The second-order valence-electron chi connectivity index (χ2n) is 7.48. The molecule has 15 N–H and O–H groups in total. The molecule has 0 aromatic rings. The number of carbonyl (C=O) groups excluding carboxylic acids is 3. The molecular weight excluding hydrogens is 653 g/mol. The molecule has 0 spiro atoms. The molecule has 0 fully saturated rings. The minimum atomic E-state index is -2.31. The number of carbonyl (C=O) groups is 3. The number of aliphatic carboxylic acids is 3. The zero-order valence-electron chi connectivity index (χ0n) is 20.1. The van der Waals surface area contributed by atoms with Gasteiger partial charge in [-0.15, -0.1) is 0 Å². The number of hydrogen-bond donors (Lipinski definition) is 15. The van der Waals surface area contributed by atoms with Gasteiger partial charge in [0.15, 0.2) is 0 Å². The van der Waals surface area contributed by atoms with Gasteiger partial charge in [-0.3, -0.25) is 0 Å². The summed E-state index contributed by atoms with van der Waals surface area (Å²) in [6.07, 6.45) is -24.2. The molecule has 40 heavy (non-hydrogen) atoms. The van der Waals surface area contributed by atoms with Gasteiger partial charge in [0, 0.05) is 0 Å². The Hall–Kier alpha value is -1.57. The van der Waals surface area contributed by atoms with Gasteiger partial charge in [-0.1, -0.05) is 0 Å². The summed E-state index contributed by atoms with van der Waals surface area (Å²) in [6, 6.07) is 0. The largest absolute Gasteiger partial charge is 3.00 e. The SMILES string of the molecule is O=C([O-])[C@H](O)[C@@H](O)[C@H](O)[C@H](O)CO.O=C([O-])[C@H](O)[C@@H](O)[C@H](O)[C@H](O)CO.O=C([O-])[C@H](O)[C@@H](O)[C@H](O)[C@H](O)CO.[Ru+3]. The summed E-state index contributed by atoms with van der Waals surface area (Å²) >= 11 is 0. The standard InChI is InChI=1S/3C6H12O7.Ru/c3*7-1-2(8)3(9)4(10)5(11)6(12)13;/h3*2-5,7-11H,1H2,(H,12,13);/q;;;+3/p-3/t3*2-,3-,4+,5-;/m111./s1. The first-order valence-electron chi connectivity index (χ1n) is 10.4. The third-order valence-electron chi connectivity index (χ3n) is 4.49. The van der Waals surface area contributed by atoms with Crippen molar-refractivity contribution >= 4 is 17.9 Å². The van der Waals surface area contributed by atoms with Crippen LogP contribution in [0.1, 0.15) is 0 Å². The normalized spacial score (nSPS) is 19.9. The van der Waals surface area contributed by atoms with Gasteiger partial charge in [0.1, 0.15) is 73.2 Å². The van der Waals surface area contributed by atoms with Crippen molar-refractivity contribution < 1.29 is 126 Å². The van der Waals surface area contributed by atoms with Crippen LogP contribution in [-0.2, 0) is 33.9 Å². The van der Waals surface area contributed by atoms with Crippen LogP contribution in [0.15, 0.2) is 0 Å². The number of rotatable bonds is 15. The van der Waals surface area contributed by atoms with E-state index in [9.17, 15) is 29.7 Å². The Kier molecular flexibility index (Phi) is 26.2. The van der Waals surface area contributed by atoms with E-state index in [1.165, 1.54) is 0 Å². The topological polar surface area (TPSA) is 424 Å². The number of aliphatic hydroxyl groups excluding tert-OH is 15. The second kappa shape index (κ2) is 23.0. The van der Waals surface area contributed by atoms with E-state index in [2.05, 4.69) is 0 Å². The summed E-state index contributed by atoms with van der Waals surface area (Å²) in [7, 11) is 0. The Morgan fingerprint density at radius 3 is 0.650 bits per heavy atom. The van der Waals surface area contributed by atoms with Crippen LogP contribution >= 0.6 is 0 Å². The maximum Gasteiger partial charge on any atom is 3.00 e. The van der Waals surface area contributed by atoms with Crippen LogP contribution < -0.4 is 15.3 Å². The van der Waals surface area contributed by atoms with Crippen molar-refractivity contribution in [1.82, 2.24) is 0 Å². The van der Waals surface area contributed by atoms with Crippen molar-refractivity contribution in [2.75, 3.05) is 19.8 Å². The third-order valence-corrected chi connectivity index (χ3v) is 4.49. The van der Waals surface area contributed by atoms with Crippen LogP contribution in [0, 0.1) is 0 Å². The molecular formula is C18H33O21Ru. The molecule has 0 amide bonds. The van der Waals surface area contributed by atoms with Gasteiger partial charge >= 0.3 is 19.5 Å². The van der Waals surface area contributed by atoms with E-state index in [4.69, 9.17) is 76.6 Å². The van der Waals surface area contributed by atoms with Crippen LogP contribution in [0.4, 0.5) is 0 Å². The van der Waals surface area contributed by atoms with Crippen LogP contribution in [0.25, 0.3) is 0 Å². The third kappa shape index (κ3) is 16.6. The van der Waals surface area contributed by atoms with Crippen molar-refractivity contribution in [1.29, 1.82) is 0 Å². The first-order valence-corrected chi connectivity index (χ1v) is 10.4. The Morgan fingerprint density at radius 1 is 0.400 bits per heavy atom. The van der Waals surface area contributed by atoms with E-state index >= 15 is 0 Å². The minimum absolute atomic E-state index is 0. The average molecular weight is 687 g/mol. The molecule has 0 aromatic heterocycles. The van der Waals surface area contributed by atoms with Gasteiger partial charge in [-0.25, -0.2) is 0 Å². The summed E-state index contributed by atoms with van der Waals surface area (Å²) < 4.78 is 0. The maximum absolute atomic E-state index is 9.98. The molecule has 239 valence electrons. The number of hydrogen-bond acceptors (Lipinski definition) is 21. The number of aliphatic hydroxyl groups is 15. The molecule has 0 heterocycles. The predicted molar refractivity (Wildman–Crippen MR) is 108 cm³/mol. The van der Waals surface area contributed by atoms with Crippen LogP contribution in [0.5, 0.6) is 0 Å². The quantitative estimate of drug-likeness (QED) is 0.0711. The van der Waals surface area contributed by atoms with Gasteiger partial charge in [0.25, 0.3) is 0 Å². The Bertz CT molecular complexity index is 608. The molecule has 0 saturated carbocycles. The van der Waals surface area contributed by atoms with Crippen LogP contribution in [0.3, 0.4) is 0 Å². The molecule has 0 bridgehead atoms. The summed E-state index contributed by atoms with van der Waals surface area (Å²) in [4.78, 5) is 29.9. The van der Waals surface area contributed by atoms with Crippen LogP contribution in [0.2, 0.25) is 0 Å². The van der Waals surface area contributed by atoms with Crippen molar-refractivity contribution in [2.24, 2.45) is 0 Å². The van der Waals surface area contributed by atoms with Crippen molar-refractivity contribution in [2.45, 2.75) is 73.2 Å². The fraction of sp³-hybridized carbons (Fsp3) is 0.833. The maximum atomic E-state index is 9.98. The zero-order valence-corrected chi connectivity index (χ0v) is 21.8. The molecule has 0 unspecified atom stereocenters. The van der Waals surface area contributed by atoms with Gasteiger partial charge < -0.3 is 106 Å². The average Bonchev–Trinajstić information content (AvgIpc) is 2.92. The second-order valence-corrected chi connectivity index (χ2v) is 7.48. The van der Waals surface area contributed by atoms with Gasteiger partial charge in [0.05, 0.1) is 37.7 Å². The van der Waals surface area contributed by atoms with Crippen molar-refractivity contribution in [3.8, 4) is 0 Å². The summed E-state index contributed by atoms with van der Waals surface area (Å²) in [5.74, 6) is -5.93. The minimum Gasteiger partial charge on any atom is -0.547 e. The fourth-order valence-corrected chi connectivity index (χ4v) is 1.99.